The zero-order valence-electron chi connectivity index (χ0n) is 20.3. The first kappa shape index (κ1) is 29.2. The van der Waals surface area contributed by atoms with E-state index in [4.69, 9.17) is 20.9 Å². The number of carbonyl (C=O) groups is 1. The normalized spacial score (nSPS) is 11.9. The smallest absolute Gasteiger partial charge is 0.429 e. The number of ether oxygens (including phenoxy) is 3. The summed E-state index contributed by atoms with van der Waals surface area (Å²) in [6, 6.07) is 12.4. The summed E-state index contributed by atoms with van der Waals surface area (Å²) in [6.45, 7) is -0.431. The molecule has 0 aliphatic rings. The highest BCUT2D eigenvalue weighted by molar-refractivity contribution is 5.87. The molecule has 0 bridgehead atoms. The van der Waals surface area contributed by atoms with Gasteiger partial charge in [0.2, 0.25) is 0 Å². The molecule has 0 spiro atoms. The van der Waals surface area contributed by atoms with Crippen molar-refractivity contribution in [3.05, 3.63) is 89.2 Å². The van der Waals surface area contributed by atoms with Gasteiger partial charge < -0.3 is 25.7 Å². The molecule has 0 aliphatic carbocycles. The lowest BCUT2D eigenvalue weighted by atomic mass is 10.1. The zero-order chi connectivity index (χ0) is 28.6. The number of halogens is 6. The summed E-state index contributed by atoms with van der Waals surface area (Å²) in [5, 5.41) is 0. The van der Waals surface area contributed by atoms with Gasteiger partial charge in [-0.15, -0.1) is 0 Å². The van der Waals surface area contributed by atoms with Crippen molar-refractivity contribution in [1.29, 1.82) is 0 Å². The monoisotopic (exact) mass is 554 g/mol. The first-order valence-electron chi connectivity index (χ1n) is 11.5. The van der Waals surface area contributed by atoms with Gasteiger partial charge in [0, 0.05) is 35.5 Å². The third-order valence-electron chi connectivity index (χ3n) is 5.21. The Morgan fingerprint density at radius 1 is 0.897 bits per heavy atom. The van der Waals surface area contributed by atoms with Crippen molar-refractivity contribution in [1.82, 2.24) is 0 Å². The Hall–Kier alpha value is -4.35. The molecule has 6 nitrogen and oxygen atoms in total. The van der Waals surface area contributed by atoms with Crippen LogP contribution in [0.4, 0.5) is 37.7 Å². The molecule has 0 aliphatic heterocycles. The number of esters is 1. The fourth-order valence-corrected chi connectivity index (χ4v) is 3.24. The molecule has 12 heteroatoms. The Morgan fingerprint density at radius 2 is 1.59 bits per heavy atom. The number of benzene rings is 3. The lowest BCUT2D eigenvalue weighted by molar-refractivity contribution is -0.187. The van der Waals surface area contributed by atoms with Crippen LogP contribution >= 0.6 is 0 Å². The van der Waals surface area contributed by atoms with Gasteiger partial charge in [0.1, 0.15) is 29.5 Å². The van der Waals surface area contributed by atoms with Crippen LogP contribution in [0.3, 0.4) is 0 Å². The Balaban J connectivity index is 1.54. The molecule has 208 valence electrons. The van der Waals surface area contributed by atoms with Crippen molar-refractivity contribution in [2.75, 3.05) is 18.1 Å². The van der Waals surface area contributed by atoms with E-state index in [1.165, 1.54) is 36.4 Å². The highest BCUT2D eigenvalue weighted by Crippen LogP contribution is 2.35. The Morgan fingerprint density at radius 3 is 2.23 bits per heavy atom. The van der Waals surface area contributed by atoms with Crippen LogP contribution < -0.4 is 20.9 Å². The molecule has 0 aromatic heterocycles. The molecule has 3 aromatic rings. The average molecular weight is 554 g/mol. The van der Waals surface area contributed by atoms with E-state index in [0.717, 1.165) is 18.2 Å². The molecule has 0 amide bonds. The van der Waals surface area contributed by atoms with Crippen molar-refractivity contribution in [2.24, 2.45) is 0 Å². The number of carbonyl (C=O) groups excluding carboxylic acids is 1. The number of alkyl halides is 5. The summed E-state index contributed by atoms with van der Waals surface area (Å²) >= 11 is 0. The lowest BCUT2D eigenvalue weighted by Crippen LogP contribution is -2.23. The number of anilines is 2. The standard InChI is InChI=1S/C27H24F6N2O4/c28-23-15-21(37-13-1-12-26(29,30)31)9-10-22(23)27(32,33)39-20-7-2-17(3-8-20)4-11-25(36)38-16-18-5-6-19(34)14-24(18)35/h2-11,14-15H,1,12-13,16,34-35H2/b11-4+. The second kappa shape index (κ2) is 12.5. The minimum Gasteiger partial charge on any atom is -0.493 e. The molecule has 0 unspecified atom stereocenters. The van der Waals surface area contributed by atoms with E-state index in [2.05, 4.69) is 4.74 Å². The fraction of sp³-hybridized carbons (Fsp3) is 0.222. The fourth-order valence-electron chi connectivity index (χ4n) is 3.24. The summed E-state index contributed by atoms with van der Waals surface area (Å²) in [7, 11) is 0. The predicted molar refractivity (Wildman–Crippen MR) is 132 cm³/mol. The van der Waals surface area contributed by atoms with Gasteiger partial charge in [-0.1, -0.05) is 18.2 Å². The number of rotatable bonds is 11. The Kier molecular flexibility index (Phi) is 9.33. The van der Waals surface area contributed by atoms with Crippen molar-refractivity contribution < 1.29 is 45.3 Å². The van der Waals surface area contributed by atoms with E-state index in [1.54, 1.807) is 12.1 Å². The number of hydrogen-bond donors (Lipinski definition) is 2. The largest absolute Gasteiger partial charge is 0.493 e. The van der Waals surface area contributed by atoms with E-state index in [0.29, 0.717) is 28.6 Å². The molecule has 39 heavy (non-hydrogen) atoms. The van der Waals surface area contributed by atoms with Gasteiger partial charge in [-0.2, -0.15) is 22.0 Å². The maximum absolute atomic E-state index is 14.6. The van der Waals surface area contributed by atoms with Crippen LogP contribution in [0, 0.1) is 5.82 Å². The Labute approximate surface area is 219 Å². The predicted octanol–water partition coefficient (Wildman–Crippen LogP) is 6.60. The van der Waals surface area contributed by atoms with Gasteiger partial charge in [0.15, 0.2) is 0 Å². The summed E-state index contributed by atoms with van der Waals surface area (Å²) in [5.41, 5.74) is 12.2. The molecule has 0 atom stereocenters. The van der Waals surface area contributed by atoms with Crippen LogP contribution in [0.15, 0.2) is 66.7 Å². The highest BCUT2D eigenvalue weighted by atomic mass is 19.4. The molecule has 4 N–H and O–H groups in total. The highest BCUT2D eigenvalue weighted by Gasteiger charge is 2.38. The summed E-state index contributed by atoms with van der Waals surface area (Å²) in [4.78, 5) is 12.0. The summed E-state index contributed by atoms with van der Waals surface area (Å²) < 4.78 is 94.7. The number of hydrogen-bond acceptors (Lipinski definition) is 6. The Bertz CT molecular complexity index is 1310. The lowest BCUT2D eigenvalue weighted by Gasteiger charge is -2.19. The second-order valence-corrected chi connectivity index (χ2v) is 8.30. The third-order valence-corrected chi connectivity index (χ3v) is 5.21. The van der Waals surface area contributed by atoms with Gasteiger partial charge in [-0.3, -0.25) is 0 Å². The number of nitrogen functional groups attached to an aromatic ring is 2. The zero-order valence-corrected chi connectivity index (χ0v) is 20.3. The van der Waals surface area contributed by atoms with E-state index >= 15 is 0 Å². The summed E-state index contributed by atoms with van der Waals surface area (Å²) in [5.74, 6) is -2.50. The van der Waals surface area contributed by atoms with E-state index in [-0.39, 0.29) is 31.1 Å². The van der Waals surface area contributed by atoms with Crippen molar-refractivity contribution >= 4 is 23.4 Å². The molecule has 0 saturated carbocycles. The van der Waals surface area contributed by atoms with Crippen LogP contribution in [0.2, 0.25) is 0 Å². The molecular formula is C27H24F6N2O4. The molecule has 0 radical (unpaired) electrons. The summed E-state index contributed by atoms with van der Waals surface area (Å²) in [6.07, 6.45) is -7.34. The maximum Gasteiger partial charge on any atom is 0.429 e. The maximum atomic E-state index is 14.6. The first-order chi connectivity index (χ1) is 18.3. The van der Waals surface area contributed by atoms with Crippen LogP contribution in [0.5, 0.6) is 11.5 Å². The van der Waals surface area contributed by atoms with E-state index in [1.807, 2.05) is 0 Å². The molecule has 0 fully saturated rings. The van der Waals surface area contributed by atoms with Crippen LogP contribution in [0.25, 0.3) is 6.08 Å². The van der Waals surface area contributed by atoms with E-state index in [9.17, 15) is 31.1 Å². The van der Waals surface area contributed by atoms with Gasteiger partial charge in [-0.25, -0.2) is 9.18 Å². The van der Waals surface area contributed by atoms with Crippen molar-refractivity contribution in [2.45, 2.75) is 31.7 Å². The van der Waals surface area contributed by atoms with Gasteiger partial charge in [0.25, 0.3) is 0 Å². The quantitative estimate of drug-likeness (QED) is 0.0912. The van der Waals surface area contributed by atoms with Gasteiger partial charge in [-0.05, 0) is 54.5 Å². The van der Waals surface area contributed by atoms with Crippen molar-refractivity contribution in [3.63, 3.8) is 0 Å². The van der Waals surface area contributed by atoms with E-state index < -0.39 is 36.1 Å². The minimum atomic E-state index is -4.35. The second-order valence-electron chi connectivity index (χ2n) is 8.30. The van der Waals surface area contributed by atoms with Crippen molar-refractivity contribution in [3.8, 4) is 11.5 Å². The van der Waals surface area contributed by atoms with Gasteiger partial charge in [0.05, 0.1) is 6.61 Å². The molecule has 3 aromatic carbocycles. The minimum absolute atomic E-state index is 0.0706. The molecular weight excluding hydrogens is 530 g/mol. The third kappa shape index (κ3) is 9.16. The molecule has 0 saturated heterocycles. The topological polar surface area (TPSA) is 96.8 Å². The SMILES string of the molecule is Nc1ccc(COC(=O)/C=C/c2ccc(OC(F)(F)c3ccc(OCCCC(F)(F)F)cc3F)cc2)c(N)c1. The molecule has 0 heterocycles. The van der Waals surface area contributed by atoms with Crippen LogP contribution in [0.1, 0.15) is 29.5 Å². The van der Waals surface area contributed by atoms with Gasteiger partial charge >= 0.3 is 18.3 Å². The van der Waals surface area contributed by atoms with Crippen LogP contribution in [-0.4, -0.2) is 18.8 Å². The number of nitrogens with two attached hydrogens (primary N) is 2. The average Bonchev–Trinajstić information content (AvgIpc) is 2.85. The van der Waals surface area contributed by atoms with Crippen LogP contribution in [-0.2, 0) is 22.2 Å². The molecule has 3 rings (SSSR count). The first-order valence-corrected chi connectivity index (χ1v) is 11.5.